The summed E-state index contributed by atoms with van der Waals surface area (Å²) in [6, 6.07) is 7.44. The molecule has 1 heterocycles. The second kappa shape index (κ2) is 5.37. The van der Waals surface area contributed by atoms with Gasteiger partial charge in [0.1, 0.15) is 5.82 Å². The van der Waals surface area contributed by atoms with Crippen LogP contribution in [-0.4, -0.2) is 29.6 Å². The van der Waals surface area contributed by atoms with Crippen LogP contribution in [0.15, 0.2) is 24.3 Å². The van der Waals surface area contributed by atoms with Crippen molar-refractivity contribution in [3.63, 3.8) is 0 Å². The predicted octanol–water partition coefficient (Wildman–Crippen LogP) is 2.57. The zero-order chi connectivity index (χ0) is 13.2. The van der Waals surface area contributed by atoms with E-state index < -0.39 is 0 Å². The molecule has 2 unspecified atom stereocenters. The summed E-state index contributed by atoms with van der Waals surface area (Å²) in [5, 5.41) is 0. The molecule has 0 saturated carbocycles. The van der Waals surface area contributed by atoms with E-state index in [1.807, 2.05) is 6.07 Å². The van der Waals surface area contributed by atoms with Gasteiger partial charge in [0.25, 0.3) is 0 Å². The summed E-state index contributed by atoms with van der Waals surface area (Å²) in [5.74, 6) is -0.165. The van der Waals surface area contributed by atoms with E-state index in [0.717, 1.165) is 18.5 Å². The Labute approximate surface area is 109 Å². The summed E-state index contributed by atoms with van der Waals surface area (Å²) >= 11 is 0. The topological polar surface area (TPSA) is 29.3 Å². The minimum atomic E-state index is -0.165. The van der Waals surface area contributed by atoms with Gasteiger partial charge in [-0.05, 0) is 57.4 Å². The minimum absolute atomic E-state index is 0.0658. The van der Waals surface area contributed by atoms with Gasteiger partial charge in [-0.25, -0.2) is 4.39 Å². The molecule has 1 aromatic rings. The maximum atomic E-state index is 13.3. The molecule has 0 aromatic heterocycles. The number of benzene rings is 1. The first-order chi connectivity index (χ1) is 8.55. The lowest BCUT2D eigenvalue weighted by molar-refractivity contribution is 0.103. The predicted molar refractivity (Wildman–Crippen MR) is 73.0 cm³/mol. The van der Waals surface area contributed by atoms with E-state index in [1.54, 1.807) is 12.1 Å². The zero-order valence-electron chi connectivity index (χ0n) is 11.3. The van der Waals surface area contributed by atoms with Crippen molar-refractivity contribution in [3.05, 3.63) is 35.6 Å². The highest BCUT2D eigenvalue weighted by molar-refractivity contribution is 5.19. The van der Waals surface area contributed by atoms with Crippen LogP contribution in [0, 0.1) is 5.82 Å². The van der Waals surface area contributed by atoms with Crippen molar-refractivity contribution in [3.8, 4) is 0 Å². The van der Waals surface area contributed by atoms with E-state index in [9.17, 15) is 4.39 Å². The maximum absolute atomic E-state index is 13.3. The molecule has 1 aromatic carbocycles. The Bertz CT molecular complexity index is 407. The minimum Gasteiger partial charge on any atom is -0.329 e. The van der Waals surface area contributed by atoms with Crippen LogP contribution in [0.4, 0.5) is 4.39 Å². The van der Waals surface area contributed by atoms with Crippen LogP contribution in [0.2, 0.25) is 0 Å². The molecule has 1 aliphatic heterocycles. The van der Waals surface area contributed by atoms with E-state index in [-0.39, 0.29) is 11.4 Å². The Balaban J connectivity index is 2.17. The van der Waals surface area contributed by atoms with Gasteiger partial charge >= 0.3 is 0 Å². The molecule has 0 bridgehead atoms. The van der Waals surface area contributed by atoms with Gasteiger partial charge in [-0.2, -0.15) is 0 Å². The van der Waals surface area contributed by atoms with Crippen LogP contribution in [-0.2, 0) is 6.42 Å². The van der Waals surface area contributed by atoms with E-state index >= 15 is 0 Å². The Morgan fingerprint density at radius 3 is 2.83 bits per heavy atom. The monoisotopic (exact) mass is 250 g/mol. The van der Waals surface area contributed by atoms with Gasteiger partial charge in [-0.3, -0.25) is 4.90 Å². The molecule has 2 rings (SSSR count). The molecular formula is C15H23FN2. The van der Waals surface area contributed by atoms with Crippen molar-refractivity contribution >= 4 is 0 Å². The average molecular weight is 250 g/mol. The van der Waals surface area contributed by atoms with E-state index in [1.165, 1.54) is 18.9 Å². The third-order valence-corrected chi connectivity index (χ3v) is 4.16. The van der Waals surface area contributed by atoms with Gasteiger partial charge in [0.2, 0.25) is 0 Å². The number of likely N-dealkylation sites (tertiary alicyclic amines) is 1. The fourth-order valence-corrected chi connectivity index (χ4v) is 3.11. The van der Waals surface area contributed by atoms with Crippen LogP contribution >= 0.6 is 0 Å². The molecule has 100 valence electrons. The number of hydrogen-bond donors (Lipinski definition) is 1. The first-order valence-electron chi connectivity index (χ1n) is 6.76. The number of nitrogens with zero attached hydrogens (tertiary/aromatic N) is 1. The third kappa shape index (κ3) is 2.73. The molecule has 0 amide bonds. The molecule has 0 spiro atoms. The standard InChI is InChI=1S/C15H23FN2/c1-12-5-4-8-18(12)15(2,11-17)10-13-6-3-7-14(16)9-13/h3,6-7,9,12H,4-5,8,10-11,17H2,1-2H3. The summed E-state index contributed by atoms with van der Waals surface area (Å²) in [4.78, 5) is 2.48. The molecule has 1 fully saturated rings. The molecule has 2 N–H and O–H groups in total. The van der Waals surface area contributed by atoms with Crippen LogP contribution in [0.5, 0.6) is 0 Å². The van der Waals surface area contributed by atoms with Gasteiger partial charge in [-0.15, -0.1) is 0 Å². The molecule has 1 saturated heterocycles. The Morgan fingerprint density at radius 2 is 2.28 bits per heavy atom. The van der Waals surface area contributed by atoms with Crippen molar-refractivity contribution in [2.24, 2.45) is 5.73 Å². The molecular weight excluding hydrogens is 227 g/mol. The van der Waals surface area contributed by atoms with Gasteiger partial charge in [0.15, 0.2) is 0 Å². The van der Waals surface area contributed by atoms with Crippen molar-refractivity contribution in [2.45, 2.75) is 44.7 Å². The highest BCUT2D eigenvalue weighted by Gasteiger charge is 2.36. The second-order valence-corrected chi connectivity index (χ2v) is 5.69. The van der Waals surface area contributed by atoms with Crippen LogP contribution < -0.4 is 5.73 Å². The number of hydrogen-bond acceptors (Lipinski definition) is 2. The van der Waals surface area contributed by atoms with E-state index in [0.29, 0.717) is 12.6 Å². The van der Waals surface area contributed by atoms with Crippen molar-refractivity contribution in [1.29, 1.82) is 0 Å². The lowest BCUT2D eigenvalue weighted by atomic mass is 9.90. The highest BCUT2D eigenvalue weighted by Crippen LogP contribution is 2.29. The quantitative estimate of drug-likeness (QED) is 0.890. The zero-order valence-corrected chi connectivity index (χ0v) is 11.3. The number of halogens is 1. The Morgan fingerprint density at radius 1 is 1.50 bits per heavy atom. The first-order valence-corrected chi connectivity index (χ1v) is 6.76. The number of nitrogens with two attached hydrogens (primary N) is 1. The molecule has 0 radical (unpaired) electrons. The van der Waals surface area contributed by atoms with Crippen molar-refractivity contribution in [1.82, 2.24) is 4.90 Å². The third-order valence-electron chi connectivity index (χ3n) is 4.16. The summed E-state index contributed by atoms with van der Waals surface area (Å²) in [6.45, 7) is 6.16. The summed E-state index contributed by atoms with van der Waals surface area (Å²) in [6.07, 6.45) is 3.28. The highest BCUT2D eigenvalue weighted by atomic mass is 19.1. The lowest BCUT2D eigenvalue weighted by Gasteiger charge is -2.41. The second-order valence-electron chi connectivity index (χ2n) is 5.69. The average Bonchev–Trinajstić information content (AvgIpc) is 2.76. The van der Waals surface area contributed by atoms with Gasteiger partial charge in [0, 0.05) is 18.1 Å². The normalized spacial score (nSPS) is 24.1. The van der Waals surface area contributed by atoms with Gasteiger partial charge in [-0.1, -0.05) is 12.1 Å². The molecule has 18 heavy (non-hydrogen) atoms. The smallest absolute Gasteiger partial charge is 0.123 e. The Kier molecular flexibility index (Phi) is 4.03. The van der Waals surface area contributed by atoms with Crippen molar-refractivity contribution in [2.75, 3.05) is 13.1 Å². The number of rotatable bonds is 4. The fraction of sp³-hybridized carbons (Fsp3) is 0.600. The van der Waals surface area contributed by atoms with E-state index in [4.69, 9.17) is 5.73 Å². The molecule has 1 aliphatic rings. The summed E-state index contributed by atoms with van der Waals surface area (Å²) in [5.41, 5.74) is 6.96. The molecule has 0 aliphatic carbocycles. The SMILES string of the molecule is CC1CCCN1C(C)(CN)Cc1cccc(F)c1. The largest absolute Gasteiger partial charge is 0.329 e. The van der Waals surface area contributed by atoms with Crippen LogP contribution in [0.25, 0.3) is 0 Å². The maximum Gasteiger partial charge on any atom is 0.123 e. The van der Waals surface area contributed by atoms with Crippen molar-refractivity contribution < 1.29 is 4.39 Å². The molecule has 3 heteroatoms. The van der Waals surface area contributed by atoms with Crippen LogP contribution in [0.3, 0.4) is 0 Å². The summed E-state index contributed by atoms with van der Waals surface area (Å²) < 4.78 is 13.3. The fourth-order valence-electron chi connectivity index (χ4n) is 3.11. The lowest BCUT2D eigenvalue weighted by Crippen LogP contribution is -2.54. The first kappa shape index (κ1) is 13.5. The van der Waals surface area contributed by atoms with E-state index in [2.05, 4.69) is 18.7 Å². The molecule has 2 atom stereocenters. The van der Waals surface area contributed by atoms with Crippen LogP contribution in [0.1, 0.15) is 32.3 Å². The summed E-state index contributed by atoms with van der Waals surface area (Å²) in [7, 11) is 0. The molecule has 2 nitrogen and oxygen atoms in total. The van der Waals surface area contributed by atoms with Gasteiger partial charge in [0.05, 0.1) is 0 Å². The Hall–Kier alpha value is -0.930. The van der Waals surface area contributed by atoms with Gasteiger partial charge < -0.3 is 5.73 Å².